The van der Waals surface area contributed by atoms with Crippen molar-refractivity contribution in [3.8, 4) is 0 Å². The van der Waals surface area contributed by atoms with Gasteiger partial charge in [-0.1, -0.05) is 34.1 Å². The third kappa shape index (κ3) is 4.55. The molecule has 1 aliphatic rings. The Hall–Kier alpha value is -1.92. The first-order chi connectivity index (χ1) is 11.6. The van der Waals surface area contributed by atoms with E-state index in [0.717, 1.165) is 35.4 Å². The molecule has 0 bridgehead atoms. The highest BCUT2D eigenvalue weighted by molar-refractivity contribution is 9.10. The second kappa shape index (κ2) is 7.77. The van der Waals surface area contributed by atoms with Crippen LogP contribution >= 0.6 is 15.9 Å². The lowest BCUT2D eigenvalue weighted by Crippen LogP contribution is -2.49. The molecule has 0 atom stereocenters. The smallest absolute Gasteiger partial charge is 0.321 e. The third-order valence-electron chi connectivity index (χ3n) is 4.05. The number of carbonyl (C=O) groups excluding carboxylic acids is 1. The number of benzene rings is 2. The molecular weight excluding hydrogens is 373 g/mol. The van der Waals surface area contributed by atoms with Crippen molar-refractivity contribution in [2.75, 3.05) is 31.5 Å². The van der Waals surface area contributed by atoms with Crippen LogP contribution in [0, 0.1) is 5.82 Å². The molecule has 6 heteroatoms. The Balaban J connectivity index is 1.49. The van der Waals surface area contributed by atoms with Crippen LogP contribution in [0.4, 0.5) is 14.9 Å². The van der Waals surface area contributed by atoms with Crippen molar-refractivity contribution in [3.63, 3.8) is 0 Å². The van der Waals surface area contributed by atoms with E-state index in [-0.39, 0.29) is 11.8 Å². The Morgan fingerprint density at radius 1 is 1.08 bits per heavy atom. The Morgan fingerprint density at radius 3 is 2.46 bits per heavy atom. The topological polar surface area (TPSA) is 35.6 Å². The number of urea groups is 1. The van der Waals surface area contributed by atoms with E-state index in [1.807, 2.05) is 41.3 Å². The fourth-order valence-electron chi connectivity index (χ4n) is 2.73. The van der Waals surface area contributed by atoms with Gasteiger partial charge in [-0.2, -0.15) is 0 Å². The van der Waals surface area contributed by atoms with Crippen LogP contribution in [0.5, 0.6) is 0 Å². The molecule has 4 nitrogen and oxygen atoms in total. The molecule has 1 heterocycles. The highest BCUT2D eigenvalue weighted by Gasteiger charge is 2.21. The molecule has 126 valence electrons. The van der Waals surface area contributed by atoms with Crippen LogP contribution in [0.3, 0.4) is 0 Å². The van der Waals surface area contributed by atoms with Gasteiger partial charge in [0.25, 0.3) is 0 Å². The summed E-state index contributed by atoms with van der Waals surface area (Å²) < 4.78 is 13.9. The molecule has 0 unspecified atom stereocenters. The zero-order chi connectivity index (χ0) is 16.9. The molecule has 2 amide bonds. The Morgan fingerprint density at radius 2 is 1.79 bits per heavy atom. The van der Waals surface area contributed by atoms with E-state index >= 15 is 0 Å². The van der Waals surface area contributed by atoms with Crippen molar-refractivity contribution < 1.29 is 9.18 Å². The zero-order valence-electron chi connectivity index (χ0n) is 13.2. The van der Waals surface area contributed by atoms with Crippen molar-refractivity contribution >= 4 is 27.6 Å². The van der Waals surface area contributed by atoms with E-state index in [0.29, 0.717) is 13.1 Å². The molecule has 1 saturated heterocycles. The number of piperazine rings is 1. The average Bonchev–Trinajstić information content (AvgIpc) is 2.57. The Kier molecular flexibility index (Phi) is 5.48. The minimum atomic E-state index is -0.215. The monoisotopic (exact) mass is 391 g/mol. The summed E-state index contributed by atoms with van der Waals surface area (Å²) in [7, 11) is 0. The highest BCUT2D eigenvalue weighted by Crippen LogP contribution is 2.17. The summed E-state index contributed by atoms with van der Waals surface area (Å²) in [6.07, 6.45) is 0. The van der Waals surface area contributed by atoms with Crippen LogP contribution in [-0.4, -0.2) is 42.0 Å². The van der Waals surface area contributed by atoms with Gasteiger partial charge in [0, 0.05) is 42.9 Å². The van der Waals surface area contributed by atoms with Gasteiger partial charge in [-0.3, -0.25) is 4.90 Å². The highest BCUT2D eigenvalue weighted by atomic mass is 79.9. The van der Waals surface area contributed by atoms with Crippen LogP contribution < -0.4 is 5.32 Å². The van der Waals surface area contributed by atoms with Crippen LogP contribution in [0.25, 0.3) is 0 Å². The van der Waals surface area contributed by atoms with E-state index in [1.54, 1.807) is 0 Å². The normalized spacial score (nSPS) is 15.3. The summed E-state index contributed by atoms with van der Waals surface area (Å²) in [6.45, 7) is 3.76. The second-order valence-corrected chi connectivity index (χ2v) is 6.75. The molecule has 0 radical (unpaired) electrons. The molecule has 0 aliphatic carbocycles. The van der Waals surface area contributed by atoms with Gasteiger partial charge >= 0.3 is 6.03 Å². The number of rotatable bonds is 3. The third-order valence-corrected chi connectivity index (χ3v) is 4.55. The van der Waals surface area contributed by atoms with Crippen LogP contribution in [0.2, 0.25) is 0 Å². The van der Waals surface area contributed by atoms with E-state index in [9.17, 15) is 9.18 Å². The van der Waals surface area contributed by atoms with E-state index in [4.69, 9.17) is 0 Å². The van der Waals surface area contributed by atoms with Gasteiger partial charge in [-0.15, -0.1) is 0 Å². The SMILES string of the molecule is O=C(Nc1cccc(Br)c1)N1CCN(Cc2ccc(F)cc2)CC1. The molecule has 1 N–H and O–H groups in total. The van der Waals surface area contributed by atoms with Crippen molar-refractivity contribution in [2.45, 2.75) is 6.54 Å². The number of halogens is 2. The molecule has 0 saturated carbocycles. The largest absolute Gasteiger partial charge is 0.322 e. The maximum absolute atomic E-state index is 12.9. The number of nitrogens with zero attached hydrogens (tertiary/aromatic N) is 2. The summed E-state index contributed by atoms with van der Waals surface area (Å²) in [5.41, 5.74) is 1.87. The lowest BCUT2D eigenvalue weighted by molar-refractivity contribution is 0.143. The van der Waals surface area contributed by atoms with Gasteiger partial charge < -0.3 is 10.2 Å². The summed E-state index contributed by atoms with van der Waals surface area (Å²) in [5, 5.41) is 2.92. The summed E-state index contributed by atoms with van der Waals surface area (Å²) >= 11 is 3.40. The predicted octanol–water partition coefficient (Wildman–Crippen LogP) is 3.94. The molecule has 2 aromatic rings. The molecule has 0 aromatic heterocycles. The summed E-state index contributed by atoms with van der Waals surface area (Å²) in [5.74, 6) is -0.215. The Bertz CT molecular complexity index is 700. The molecule has 1 aliphatic heterocycles. The second-order valence-electron chi connectivity index (χ2n) is 5.83. The zero-order valence-corrected chi connectivity index (χ0v) is 14.8. The first-order valence-electron chi connectivity index (χ1n) is 7.88. The van der Waals surface area contributed by atoms with Crippen molar-refractivity contribution in [2.24, 2.45) is 0 Å². The van der Waals surface area contributed by atoms with Gasteiger partial charge in [0.05, 0.1) is 0 Å². The van der Waals surface area contributed by atoms with E-state index < -0.39 is 0 Å². The fourth-order valence-corrected chi connectivity index (χ4v) is 3.13. The van der Waals surface area contributed by atoms with Crippen molar-refractivity contribution in [1.82, 2.24) is 9.80 Å². The van der Waals surface area contributed by atoms with Crippen molar-refractivity contribution in [1.29, 1.82) is 0 Å². The minimum Gasteiger partial charge on any atom is -0.322 e. The molecule has 1 fully saturated rings. The maximum Gasteiger partial charge on any atom is 0.321 e. The van der Waals surface area contributed by atoms with Crippen LogP contribution in [0.1, 0.15) is 5.56 Å². The average molecular weight is 392 g/mol. The number of amides is 2. The summed E-state index contributed by atoms with van der Waals surface area (Å²) in [6, 6.07) is 14.1. The van der Waals surface area contributed by atoms with E-state index in [2.05, 4.69) is 26.1 Å². The van der Waals surface area contributed by atoms with E-state index in [1.165, 1.54) is 12.1 Å². The Labute approximate surface area is 149 Å². The fraction of sp³-hybridized carbons (Fsp3) is 0.278. The van der Waals surface area contributed by atoms with Crippen LogP contribution in [0.15, 0.2) is 53.0 Å². The number of hydrogen-bond donors (Lipinski definition) is 1. The maximum atomic E-state index is 12.9. The standard InChI is InChI=1S/C18H19BrFN3O/c19-15-2-1-3-17(12-15)21-18(24)23-10-8-22(9-11-23)13-14-4-6-16(20)7-5-14/h1-7,12H,8-11,13H2,(H,21,24). The van der Waals surface area contributed by atoms with Gasteiger partial charge in [0.15, 0.2) is 0 Å². The lowest BCUT2D eigenvalue weighted by Gasteiger charge is -2.34. The number of anilines is 1. The molecule has 2 aromatic carbocycles. The van der Waals surface area contributed by atoms with Gasteiger partial charge in [-0.05, 0) is 35.9 Å². The van der Waals surface area contributed by atoms with Gasteiger partial charge in [-0.25, -0.2) is 9.18 Å². The molecule has 3 rings (SSSR count). The number of carbonyl (C=O) groups is 1. The molecule has 0 spiro atoms. The molecule has 24 heavy (non-hydrogen) atoms. The first kappa shape index (κ1) is 16.9. The first-order valence-corrected chi connectivity index (χ1v) is 8.68. The predicted molar refractivity (Wildman–Crippen MR) is 96.4 cm³/mol. The number of hydrogen-bond acceptors (Lipinski definition) is 2. The van der Waals surface area contributed by atoms with Gasteiger partial charge in [0.2, 0.25) is 0 Å². The quantitative estimate of drug-likeness (QED) is 0.859. The molecular formula is C18H19BrFN3O. The summed E-state index contributed by atoms with van der Waals surface area (Å²) in [4.78, 5) is 16.4. The lowest BCUT2D eigenvalue weighted by atomic mass is 10.2. The minimum absolute atomic E-state index is 0.0745. The van der Waals surface area contributed by atoms with Crippen molar-refractivity contribution in [3.05, 3.63) is 64.4 Å². The number of nitrogens with one attached hydrogen (secondary N) is 1. The van der Waals surface area contributed by atoms with Crippen LogP contribution in [-0.2, 0) is 6.54 Å². The van der Waals surface area contributed by atoms with Gasteiger partial charge in [0.1, 0.15) is 5.82 Å².